The van der Waals surface area contributed by atoms with E-state index in [9.17, 15) is 0 Å². The largest absolute Gasteiger partial charge is 0.573 e. The van der Waals surface area contributed by atoms with Crippen LogP contribution in [0.5, 0.6) is 0 Å². The highest BCUT2D eigenvalue weighted by Crippen LogP contribution is 2.12. The second-order valence-electron chi connectivity index (χ2n) is 28.1. The maximum Gasteiger partial charge on any atom is 0.573 e. The summed E-state index contributed by atoms with van der Waals surface area (Å²) in [7, 11) is 9.22. The normalized spacial score (nSPS) is 9.69. The third-order valence-electron chi connectivity index (χ3n) is 17.9. The Balaban J connectivity index is -0.000000598. The lowest BCUT2D eigenvalue weighted by atomic mass is 9.97. The molecule has 0 unspecified atom stereocenters. The summed E-state index contributed by atoms with van der Waals surface area (Å²) in [6.45, 7) is 17.9. The van der Waals surface area contributed by atoms with Crippen molar-refractivity contribution in [3.8, 4) is 23.9 Å². The summed E-state index contributed by atoms with van der Waals surface area (Å²) >= 11 is 0. The Bertz CT molecular complexity index is 2920. The first-order valence-corrected chi connectivity index (χ1v) is 42.6. The van der Waals surface area contributed by atoms with E-state index in [-0.39, 0.29) is 0 Å². The number of aromatic nitrogens is 16. The molecule has 32 heteroatoms. The fourth-order valence-corrected chi connectivity index (χ4v) is 10.8. The van der Waals surface area contributed by atoms with Crippen molar-refractivity contribution in [3.05, 3.63) is 146 Å². The van der Waals surface area contributed by atoms with E-state index < -0.39 is 28.5 Å². The first kappa shape index (κ1) is 114. The number of unbranched alkanes of at least 4 members (excludes halogenated alkanes) is 24. The summed E-state index contributed by atoms with van der Waals surface area (Å²) in [4.78, 5) is 34.2. The molecule has 0 fully saturated rings. The molecule has 0 amide bonds. The summed E-state index contributed by atoms with van der Waals surface area (Å²) < 4.78 is 16.8. The van der Waals surface area contributed by atoms with E-state index in [2.05, 4.69) is 188 Å². The van der Waals surface area contributed by atoms with Crippen LogP contribution in [-0.4, -0.2) is 145 Å². The van der Waals surface area contributed by atoms with Crippen LogP contribution in [0.3, 0.4) is 0 Å². The Morgan fingerprint density at radius 3 is 0.362 bits per heavy atom. The molecule has 0 bridgehead atoms. The van der Waals surface area contributed by atoms with Gasteiger partial charge in [-0.1, -0.05) is 209 Å². The molecule has 0 aliphatic heterocycles. The van der Waals surface area contributed by atoms with Gasteiger partial charge in [0.15, 0.2) is 0 Å². The molecule has 0 radical (unpaired) electrons. The zero-order chi connectivity index (χ0) is 87.6. The summed E-state index contributed by atoms with van der Waals surface area (Å²) in [5, 5.41) is 90.0. The molecule has 28 nitrogen and oxygen atoms in total. The Hall–Kier alpha value is -8.42. The monoisotopic (exact) mass is 1610 g/mol. The topological polar surface area (TPSA) is 400 Å². The SMILES string of the molecule is CCCCCCc1nccn1C.CCCCCCc1nccn1C.CCCCCCc1nccn1C.CCCCCCc1nccn1C.CCCCCCc1nccn1C.CCCCCCc1nccn1C.CCCCCCc1nccn1C.CCCCCCc1nccn1C.N#CB(O)O.N#CB(O)O.N#CB(O)O.N#CB(O)O. The summed E-state index contributed by atoms with van der Waals surface area (Å²) in [5.41, 5.74) is 0. The zero-order valence-corrected chi connectivity index (χ0v) is 74.4. The lowest BCUT2D eigenvalue weighted by molar-refractivity contribution is 0.425. The highest BCUT2D eigenvalue weighted by Gasteiger charge is 2.06. The average Bonchev–Trinajstić information content (AvgIpc) is 1.86. The van der Waals surface area contributed by atoms with Crippen molar-refractivity contribution in [3.63, 3.8) is 0 Å². The number of imidazole rings is 8. The Labute approximate surface area is 700 Å². The Morgan fingerprint density at radius 1 is 0.207 bits per heavy atom. The zero-order valence-electron chi connectivity index (χ0n) is 74.4. The molecular weight excluding hydrogens is 1460 g/mol. The van der Waals surface area contributed by atoms with Gasteiger partial charge >= 0.3 is 28.5 Å². The van der Waals surface area contributed by atoms with E-state index >= 15 is 0 Å². The second-order valence-corrected chi connectivity index (χ2v) is 28.1. The molecule has 0 aliphatic carbocycles. The Kier molecular flexibility index (Phi) is 81.6. The number of aryl methyl sites for hydroxylation is 16. The van der Waals surface area contributed by atoms with Crippen LogP contribution in [0.1, 0.15) is 307 Å². The quantitative estimate of drug-likeness (QED) is 0.0131. The van der Waals surface area contributed by atoms with Gasteiger partial charge in [0.2, 0.25) is 0 Å². The third kappa shape index (κ3) is 70.9. The van der Waals surface area contributed by atoms with Crippen LogP contribution >= 0.6 is 0 Å². The van der Waals surface area contributed by atoms with Gasteiger partial charge in [-0.25, -0.2) is 60.9 Å². The van der Waals surface area contributed by atoms with E-state index in [0.29, 0.717) is 0 Å². The second kappa shape index (κ2) is 83.1. The molecular formula is C84H152B4N20O8. The van der Waals surface area contributed by atoms with Crippen LogP contribution in [-0.2, 0) is 108 Å². The first-order valence-electron chi connectivity index (χ1n) is 42.6. The maximum absolute atomic E-state index is 7.56. The van der Waals surface area contributed by atoms with Crippen molar-refractivity contribution in [2.24, 2.45) is 56.4 Å². The van der Waals surface area contributed by atoms with Crippen LogP contribution < -0.4 is 0 Å². The first-order chi connectivity index (χ1) is 55.8. The van der Waals surface area contributed by atoms with Crippen LogP contribution in [0.25, 0.3) is 0 Å². The van der Waals surface area contributed by atoms with Crippen molar-refractivity contribution < 1.29 is 40.2 Å². The molecule has 8 N–H and O–H groups in total. The van der Waals surface area contributed by atoms with E-state index in [1.165, 1.54) is 252 Å². The van der Waals surface area contributed by atoms with Crippen molar-refractivity contribution in [1.82, 2.24) is 76.4 Å². The molecule has 8 aromatic rings. The Morgan fingerprint density at radius 2 is 0.302 bits per heavy atom. The standard InChI is InChI=1S/8C10H18N2.4CH2BNO2/c8*1-3-4-5-6-7-10-11-8-9-12(10)2;4*3-1-2(4)5/h8*8-9H,3-7H2,1-2H3;4*4-5H. The molecule has 0 saturated carbocycles. The molecule has 0 saturated heterocycles. The lowest BCUT2D eigenvalue weighted by Crippen LogP contribution is -2.05. The fourth-order valence-electron chi connectivity index (χ4n) is 10.8. The number of rotatable bonds is 40. The van der Waals surface area contributed by atoms with Gasteiger partial charge in [0, 0.05) is 207 Å². The van der Waals surface area contributed by atoms with Crippen LogP contribution in [0.2, 0.25) is 0 Å². The molecule has 0 aromatic carbocycles. The summed E-state index contributed by atoms with van der Waals surface area (Å²) in [6.07, 6.45) is 82.2. The highest BCUT2D eigenvalue weighted by molar-refractivity contribution is 6.51. The fraction of sp³-hybridized carbons (Fsp3) is 0.667. The van der Waals surface area contributed by atoms with E-state index in [4.69, 9.17) is 61.2 Å². The number of nitrogens with zero attached hydrogens (tertiary/aromatic N) is 20. The lowest BCUT2D eigenvalue weighted by Gasteiger charge is -2.00. The molecule has 8 heterocycles. The molecule has 0 aliphatic rings. The molecule has 8 aromatic heterocycles. The summed E-state index contributed by atoms with van der Waals surface area (Å²) in [5.74, 6) is 14.3. The number of hydrogen-bond acceptors (Lipinski definition) is 20. The van der Waals surface area contributed by atoms with Crippen molar-refractivity contribution in [2.75, 3.05) is 0 Å². The smallest absolute Gasteiger partial charge is 0.415 e. The average molecular weight is 1610 g/mol. The van der Waals surface area contributed by atoms with Crippen molar-refractivity contribution in [2.45, 2.75) is 312 Å². The minimum Gasteiger partial charge on any atom is -0.415 e. The highest BCUT2D eigenvalue weighted by atomic mass is 16.4. The minimum atomic E-state index is -1.81. The predicted octanol–water partition coefficient (Wildman–Crippen LogP) is 14.4. The van der Waals surface area contributed by atoms with E-state index in [1.54, 1.807) is 0 Å². The maximum atomic E-state index is 7.56. The van der Waals surface area contributed by atoms with Gasteiger partial charge in [0.05, 0.1) is 23.9 Å². The van der Waals surface area contributed by atoms with Gasteiger partial charge < -0.3 is 76.7 Å². The van der Waals surface area contributed by atoms with Gasteiger partial charge in [0.25, 0.3) is 0 Å². The molecule has 116 heavy (non-hydrogen) atoms. The van der Waals surface area contributed by atoms with E-state index in [0.717, 1.165) is 75.2 Å². The summed E-state index contributed by atoms with van der Waals surface area (Å²) in [6, 6.07) is 0. The van der Waals surface area contributed by atoms with Crippen LogP contribution in [0.4, 0.5) is 0 Å². The molecule has 0 atom stereocenters. The van der Waals surface area contributed by atoms with Crippen molar-refractivity contribution in [1.29, 1.82) is 21.0 Å². The van der Waals surface area contributed by atoms with Gasteiger partial charge in [-0.3, -0.25) is 0 Å². The number of nitriles is 4. The van der Waals surface area contributed by atoms with Gasteiger partial charge in [-0.15, -0.1) is 0 Å². The minimum absolute atomic E-state index is 1.13. The molecule has 8 rings (SSSR count). The van der Waals surface area contributed by atoms with Crippen LogP contribution in [0, 0.1) is 44.9 Å². The number of hydrogen-bond donors (Lipinski definition) is 8. The van der Waals surface area contributed by atoms with Gasteiger partial charge in [-0.2, -0.15) is 0 Å². The van der Waals surface area contributed by atoms with Crippen molar-refractivity contribution >= 4 is 28.5 Å². The van der Waals surface area contributed by atoms with Gasteiger partial charge in [0.1, 0.15) is 46.6 Å². The van der Waals surface area contributed by atoms with E-state index in [1.807, 2.05) is 99.1 Å². The third-order valence-corrected chi connectivity index (χ3v) is 17.9. The molecule has 0 spiro atoms. The van der Waals surface area contributed by atoms with Crippen LogP contribution in [0.15, 0.2) is 99.1 Å². The molecule has 648 valence electrons. The van der Waals surface area contributed by atoms with Gasteiger partial charge in [-0.05, 0) is 51.4 Å². The predicted molar refractivity (Wildman–Crippen MR) is 472 cm³/mol.